The second-order valence-corrected chi connectivity index (χ2v) is 10.8. The number of nitrogens with zero attached hydrogens (tertiary/aromatic N) is 2. The van der Waals surface area contributed by atoms with E-state index in [1.165, 1.54) is 12.1 Å². The van der Waals surface area contributed by atoms with Crippen LogP contribution in [0.3, 0.4) is 0 Å². The van der Waals surface area contributed by atoms with Gasteiger partial charge in [-0.15, -0.1) is 0 Å². The van der Waals surface area contributed by atoms with Crippen molar-refractivity contribution in [3.63, 3.8) is 0 Å². The fraction of sp³-hybridized carbons (Fsp3) is 0.364. The molecule has 1 fully saturated rings. The summed E-state index contributed by atoms with van der Waals surface area (Å²) in [6, 6.07) is 5.32. The highest BCUT2D eigenvalue weighted by molar-refractivity contribution is 7.93. The van der Waals surface area contributed by atoms with Crippen LogP contribution in [0.4, 0.5) is 10.1 Å². The smallest absolute Gasteiger partial charge is 0.292 e. The average molecular weight is 472 g/mol. The van der Waals surface area contributed by atoms with E-state index in [-0.39, 0.29) is 34.0 Å². The number of hydrogen-bond donors (Lipinski definition) is 2. The molecule has 0 radical (unpaired) electrons. The molecule has 1 saturated heterocycles. The molecule has 11 heteroatoms. The molecule has 4 rings (SSSR count). The molecule has 1 aromatic carbocycles. The van der Waals surface area contributed by atoms with Crippen molar-refractivity contribution in [1.29, 1.82) is 5.26 Å². The van der Waals surface area contributed by atoms with Gasteiger partial charge in [0.05, 0.1) is 28.2 Å². The van der Waals surface area contributed by atoms with Crippen LogP contribution in [0, 0.1) is 24.1 Å². The maximum Gasteiger partial charge on any atom is 0.292 e. The molecule has 0 bridgehead atoms. The minimum Gasteiger partial charge on any atom is -0.342 e. The lowest BCUT2D eigenvalue weighted by atomic mass is 10.0. The molecule has 2 aromatic rings. The highest BCUT2D eigenvalue weighted by Crippen LogP contribution is 2.31. The molecule has 33 heavy (non-hydrogen) atoms. The number of nitriles is 1. The number of sulfone groups is 1. The quantitative estimate of drug-likeness (QED) is 0.500. The van der Waals surface area contributed by atoms with E-state index in [1.807, 2.05) is 0 Å². The molecule has 2 N–H and O–H groups in total. The van der Waals surface area contributed by atoms with E-state index < -0.39 is 38.8 Å². The molecule has 0 spiro atoms. The summed E-state index contributed by atoms with van der Waals surface area (Å²) in [6.45, 7) is 3.62. The first-order valence-electron chi connectivity index (χ1n) is 10.2. The monoisotopic (exact) mass is 472 g/mol. The topological polar surface area (TPSA) is 138 Å². The third-order valence-corrected chi connectivity index (χ3v) is 8.05. The van der Waals surface area contributed by atoms with Crippen molar-refractivity contribution in [2.75, 3.05) is 16.8 Å². The van der Waals surface area contributed by atoms with Gasteiger partial charge in [0.1, 0.15) is 17.6 Å². The van der Waals surface area contributed by atoms with Gasteiger partial charge in [0.15, 0.2) is 9.84 Å². The Balaban J connectivity index is 1.62. The molecular formula is C22H21FN4O5S. The van der Waals surface area contributed by atoms with E-state index in [9.17, 15) is 27.2 Å². The van der Waals surface area contributed by atoms with Crippen molar-refractivity contribution in [3.8, 4) is 6.07 Å². The first kappa shape index (κ1) is 22.7. The minimum absolute atomic E-state index is 0.137. The SMILES string of the molecule is Cc1c(C(=O)C(=O)NC2(C)CS(=O)(=O)C2)c2n(c1C(=O)Nc1ccc(F)c(C#N)c1)CCC2. The van der Waals surface area contributed by atoms with Gasteiger partial charge in [-0.05, 0) is 50.5 Å². The molecule has 2 amide bonds. The lowest BCUT2D eigenvalue weighted by Gasteiger charge is -2.38. The molecule has 0 aliphatic carbocycles. The summed E-state index contributed by atoms with van der Waals surface area (Å²) in [5.74, 6) is -3.47. The number of benzene rings is 1. The maximum atomic E-state index is 13.6. The van der Waals surface area contributed by atoms with Crippen molar-refractivity contribution in [2.24, 2.45) is 0 Å². The second kappa shape index (κ2) is 7.81. The standard InChI is InChI=1S/C22H21FN4O5S/c1-12-17(19(28)21(30)26-22(2)10-33(31,32)11-22)16-4-3-7-27(16)18(12)20(29)25-14-5-6-15(23)13(8-14)9-24/h5-6,8H,3-4,7,10-11H2,1-2H3,(H,25,29)(H,26,30). The van der Waals surface area contributed by atoms with Gasteiger partial charge in [-0.3, -0.25) is 14.4 Å². The molecule has 3 heterocycles. The van der Waals surface area contributed by atoms with Crippen LogP contribution in [0.5, 0.6) is 0 Å². The Bertz CT molecular complexity index is 1360. The third kappa shape index (κ3) is 4.02. The van der Waals surface area contributed by atoms with Gasteiger partial charge >= 0.3 is 0 Å². The van der Waals surface area contributed by atoms with E-state index in [2.05, 4.69) is 10.6 Å². The second-order valence-electron chi connectivity index (χ2n) is 8.69. The number of amides is 2. The van der Waals surface area contributed by atoms with E-state index >= 15 is 0 Å². The van der Waals surface area contributed by atoms with Crippen molar-refractivity contribution in [3.05, 3.63) is 52.1 Å². The van der Waals surface area contributed by atoms with Crippen molar-refractivity contribution < 1.29 is 27.2 Å². The highest BCUT2D eigenvalue weighted by Gasteiger charge is 2.47. The number of carbonyl (C=O) groups is 3. The number of Topliss-reactive ketones (excluding diaryl/α,β-unsaturated/α-hetero) is 1. The van der Waals surface area contributed by atoms with Gasteiger partial charge in [-0.2, -0.15) is 5.26 Å². The van der Waals surface area contributed by atoms with Crippen LogP contribution in [0.2, 0.25) is 0 Å². The average Bonchev–Trinajstić information content (AvgIpc) is 3.26. The molecule has 172 valence electrons. The van der Waals surface area contributed by atoms with E-state index in [0.29, 0.717) is 30.6 Å². The Kier molecular flexibility index (Phi) is 5.36. The zero-order valence-electron chi connectivity index (χ0n) is 18.0. The maximum absolute atomic E-state index is 13.6. The molecule has 9 nitrogen and oxygen atoms in total. The summed E-state index contributed by atoms with van der Waals surface area (Å²) in [4.78, 5) is 38.7. The van der Waals surface area contributed by atoms with Crippen molar-refractivity contribution in [2.45, 2.75) is 38.8 Å². The van der Waals surface area contributed by atoms with E-state index in [0.717, 1.165) is 6.07 Å². The van der Waals surface area contributed by atoms with Crippen LogP contribution in [0.25, 0.3) is 0 Å². The zero-order chi connectivity index (χ0) is 24.1. The summed E-state index contributed by atoms with van der Waals surface area (Å²) >= 11 is 0. The number of rotatable bonds is 5. The van der Waals surface area contributed by atoms with Crippen LogP contribution in [0.15, 0.2) is 18.2 Å². The molecule has 2 aliphatic rings. The van der Waals surface area contributed by atoms with Crippen LogP contribution in [0.1, 0.15) is 51.0 Å². The molecule has 2 aliphatic heterocycles. The number of carbonyl (C=O) groups excluding carboxylic acids is 3. The van der Waals surface area contributed by atoms with Gasteiger partial charge in [-0.25, -0.2) is 12.8 Å². The molecular weight excluding hydrogens is 451 g/mol. The summed E-state index contributed by atoms with van der Waals surface area (Å²) in [6.07, 6.45) is 1.19. The van der Waals surface area contributed by atoms with Crippen LogP contribution in [-0.2, 0) is 27.6 Å². The molecule has 0 unspecified atom stereocenters. The Morgan fingerprint density at radius 2 is 1.94 bits per heavy atom. The predicted octanol–water partition coefficient (Wildman–Crippen LogP) is 1.49. The predicted molar refractivity (Wildman–Crippen MR) is 116 cm³/mol. The molecule has 0 atom stereocenters. The van der Waals surface area contributed by atoms with Crippen LogP contribution >= 0.6 is 0 Å². The summed E-state index contributed by atoms with van der Waals surface area (Å²) in [5, 5.41) is 14.1. The number of halogens is 1. The number of anilines is 1. The number of ketones is 1. The highest BCUT2D eigenvalue weighted by atomic mass is 32.2. The van der Waals surface area contributed by atoms with Gasteiger partial charge in [-0.1, -0.05) is 0 Å². The number of aromatic nitrogens is 1. The van der Waals surface area contributed by atoms with E-state index in [4.69, 9.17) is 5.26 Å². The number of fused-ring (bicyclic) bond motifs is 1. The van der Waals surface area contributed by atoms with Crippen LogP contribution in [-0.4, -0.2) is 47.6 Å². The normalized spacial score (nSPS) is 17.4. The Morgan fingerprint density at radius 1 is 1.24 bits per heavy atom. The lowest BCUT2D eigenvalue weighted by Crippen LogP contribution is -2.64. The Morgan fingerprint density at radius 3 is 2.58 bits per heavy atom. The summed E-state index contributed by atoms with van der Waals surface area (Å²) in [5.41, 5.74) is 0.248. The van der Waals surface area contributed by atoms with Gasteiger partial charge in [0.2, 0.25) is 0 Å². The first-order valence-corrected chi connectivity index (χ1v) is 12.1. The lowest BCUT2D eigenvalue weighted by molar-refractivity contribution is -0.118. The molecule has 1 aromatic heterocycles. The number of nitrogens with one attached hydrogen (secondary N) is 2. The molecule has 0 saturated carbocycles. The van der Waals surface area contributed by atoms with Crippen molar-refractivity contribution >= 4 is 33.1 Å². The fourth-order valence-electron chi connectivity index (χ4n) is 4.64. The van der Waals surface area contributed by atoms with Gasteiger partial charge in [0.25, 0.3) is 17.6 Å². The van der Waals surface area contributed by atoms with E-state index in [1.54, 1.807) is 24.5 Å². The largest absolute Gasteiger partial charge is 0.342 e. The van der Waals surface area contributed by atoms with Gasteiger partial charge < -0.3 is 15.2 Å². The van der Waals surface area contributed by atoms with Crippen LogP contribution < -0.4 is 10.6 Å². The minimum atomic E-state index is -3.21. The summed E-state index contributed by atoms with van der Waals surface area (Å²) < 4.78 is 38.3. The summed E-state index contributed by atoms with van der Waals surface area (Å²) in [7, 11) is -3.21. The number of hydrogen-bond acceptors (Lipinski definition) is 6. The zero-order valence-corrected chi connectivity index (χ0v) is 18.8. The Hall–Kier alpha value is -3.52. The Labute approximate surface area is 189 Å². The third-order valence-electron chi connectivity index (χ3n) is 5.90. The fourth-order valence-corrected chi connectivity index (χ4v) is 6.64. The first-order chi connectivity index (χ1) is 15.4. The van der Waals surface area contributed by atoms with Gasteiger partial charge in [0, 0.05) is 17.9 Å². The van der Waals surface area contributed by atoms with Crippen molar-refractivity contribution in [1.82, 2.24) is 9.88 Å².